The molecule has 2 heterocycles. The molecule has 3 rings (SSSR count). The van der Waals surface area contributed by atoms with Crippen LogP contribution in [0.5, 0.6) is 0 Å². The molecule has 112 valence electrons. The van der Waals surface area contributed by atoms with E-state index in [2.05, 4.69) is 42.1 Å². The third kappa shape index (κ3) is 3.52. The summed E-state index contributed by atoms with van der Waals surface area (Å²) >= 11 is 3.30. The Kier molecular flexibility index (Phi) is 5.16. The molecule has 0 radical (unpaired) electrons. The molecule has 2 aromatic heterocycles. The average Bonchev–Trinajstić information content (AvgIpc) is 3.03. The first kappa shape index (κ1) is 16.2. The molecule has 21 heavy (non-hydrogen) atoms. The van der Waals surface area contributed by atoms with Crippen LogP contribution in [-0.2, 0) is 6.54 Å². The van der Waals surface area contributed by atoms with E-state index in [0.717, 1.165) is 17.1 Å². The Balaban J connectivity index is 0.00000161. The molecule has 0 saturated carbocycles. The Morgan fingerprint density at radius 3 is 2.71 bits per heavy atom. The Hall–Kier alpha value is -1.21. The van der Waals surface area contributed by atoms with E-state index >= 15 is 0 Å². The van der Waals surface area contributed by atoms with Crippen LogP contribution in [-0.4, -0.2) is 21.9 Å². The fraction of sp³-hybridized carbons (Fsp3) is 0.286. The molecule has 1 atom stereocenters. The lowest BCUT2D eigenvalue weighted by molar-refractivity contribution is 0.255. The van der Waals surface area contributed by atoms with E-state index in [9.17, 15) is 0 Å². The van der Waals surface area contributed by atoms with Crippen LogP contribution in [0.2, 0.25) is 0 Å². The molecule has 3 aromatic rings. The lowest BCUT2D eigenvalue weighted by atomic mass is 10.3. The number of nitrogen functional groups attached to an aromatic ring is 1. The number of fused-ring (bicyclic) bond motifs is 1. The van der Waals surface area contributed by atoms with Crippen LogP contribution >= 0.6 is 35.1 Å². The van der Waals surface area contributed by atoms with Crippen molar-refractivity contribution in [1.82, 2.24) is 14.9 Å². The van der Waals surface area contributed by atoms with E-state index in [0.29, 0.717) is 5.13 Å². The molecular formula is C14H17ClN4S2. The Morgan fingerprint density at radius 2 is 2.05 bits per heavy atom. The van der Waals surface area contributed by atoms with Crippen LogP contribution in [0.25, 0.3) is 10.2 Å². The highest BCUT2D eigenvalue weighted by atomic mass is 35.5. The van der Waals surface area contributed by atoms with Gasteiger partial charge >= 0.3 is 0 Å². The molecular weight excluding hydrogens is 324 g/mol. The van der Waals surface area contributed by atoms with E-state index in [1.807, 2.05) is 12.3 Å². The van der Waals surface area contributed by atoms with Crippen molar-refractivity contribution in [3.05, 3.63) is 40.3 Å². The molecule has 0 saturated heterocycles. The van der Waals surface area contributed by atoms with Crippen LogP contribution in [0.3, 0.4) is 0 Å². The molecule has 0 aliphatic carbocycles. The van der Waals surface area contributed by atoms with Crippen molar-refractivity contribution in [2.24, 2.45) is 0 Å². The Labute approximate surface area is 138 Å². The summed E-state index contributed by atoms with van der Waals surface area (Å²) in [5.74, 6) is 0. The second-order valence-electron chi connectivity index (χ2n) is 4.78. The van der Waals surface area contributed by atoms with Crippen LogP contribution in [0.4, 0.5) is 5.13 Å². The number of para-hydroxylation sites is 1. The van der Waals surface area contributed by atoms with Gasteiger partial charge in [0.2, 0.25) is 0 Å². The number of nitrogens with zero attached hydrogens (tertiary/aromatic N) is 3. The van der Waals surface area contributed by atoms with Crippen molar-refractivity contribution in [1.29, 1.82) is 0 Å². The standard InChI is InChI=1S/C14H16N4S2.ClH/c1-9(18(2)8-10-7-16-14(15)19-10)13-17-11-5-3-4-6-12(11)20-13;/h3-7,9H,8H2,1-2H3,(H2,15,16);1H. The van der Waals surface area contributed by atoms with Crippen molar-refractivity contribution in [2.75, 3.05) is 12.8 Å². The van der Waals surface area contributed by atoms with Gasteiger partial charge in [0.1, 0.15) is 5.01 Å². The van der Waals surface area contributed by atoms with Crippen molar-refractivity contribution >= 4 is 50.4 Å². The van der Waals surface area contributed by atoms with Crippen LogP contribution in [0, 0.1) is 0 Å². The fourth-order valence-electron chi connectivity index (χ4n) is 2.04. The van der Waals surface area contributed by atoms with Crippen LogP contribution in [0.15, 0.2) is 30.5 Å². The van der Waals surface area contributed by atoms with Gasteiger partial charge in [-0.3, -0.25) is 4.90 Å². The maximum atomic E-state index is 5.67. The molecule has 4 nitrogen and oxygen atoms in total. The number of anilines is 1. The number of nitrogens with two attached hydrogens (primary N) is 1. The number of thiazole rings is 2. The van der Waals surface area contributed by atoms with Crippen molar-refractivity contribution in [3.8, 4) is 0 Å². The highest BCUT2D eigenvalue weighted by Gasteiger charge is 2.17. The first-order valence-electron chi connectivity index (χ1n) is 6.39. The maximum absolute atomic E-state index is 5.67. The van der Waals surface area contributed by atoms with E-state index < -0.39 is 0 Å². The van der Waals surface area contributed by atoms with Gasteiger partial charge in [-0.1, -0.05) is 12.1 Å². The predicted octanol–water partition coefficient (Wildman–Crippen LogP) is 3.95. The van der Waals surface area contributed by atoms with Crippen molar-refractivity contribution in [2.45, 2.75) is 19.5 Å². The zero-order chi connectivity index (χ0) is 14.1. The van der Waals surface area contributed by atoms with Gasteiger partial charge in [-0.2, -0.15) is 0 Å². The van der Waals surface area contributed by atoms with Crippen molar-refractivity contribution in [3.63, 3.8) is 0 Å². The van der Waals surface area contributed by atoms with E-state index in [4.69, 9.17) is 10.7 Å². The minimum absolute atomic E-state index is 0. The van der Waals surface area contributed by atoms with Gasteiger partial charge in [-0.25, -0.2) is 9.97 Å². The van der Waals surface area contributed by atoms with Crippen molar-refractivity contribution < 1.29 is 0 Å². The lowest BCUT2D eigenvalue weighted by Crippen LogP contribution is -2.21. The minimum atomic E-state index is 0. The molecule has 1 unspecified atom stereocenters. The third-order valence-electron chi connectivity index (χ3n) is 3.31. The summed E-state index contributed by atoms with van der Waals surface area (Å²) in [5, 5.41) is 1.77. The van der Waals surface area contributed by atoms with Gasteiger partial charge in [0.25, 0.3) is 0 Å². The number of rotatable bonds is 4. The van der Waals surface area contributed by atoms with Gasteiger partial charge in [-0.15, -0.1) is 35.1 Å². The largest absolute Gasteiger partial charge is 0.375 e. The van der Waals surface area contributed by atoms with Gasteiger partial charge in [-0.05, 0) is 26.1 Å². The molecule has 0 amide bonds. The highest BCUT2D eigenvalue weighted by Crippen LogP contribution is 2.30. The summed E-state index contributed by atoms with van der Waals surface area (Å²) in [4.78, 5) is 12.3. The SMILES string of the molecule is CC(c1nc2ccccc2s1)N(C)Cc1cnc(N)s1.Cl. The Morgan fingerprint density at radius 1 is 1.29 bits per heavy atom. The smallest absolute Gasteiger partial charge is 0.180 e. The monoisotopic (exact) mass is 340 g/mol. The fourth-order valence-corrected chi connectivity index (χ4v) is 3.87. The van der Waals surface area contributed by atoms with Gasteiger partial charge < -0.3 is 5.73 Å². The first-order chi connectivity index (χ1) is 9.63. The number of benzene rings is 1. The van der Waals surface area contributed by atoms with Crippen LogP contribution in [0.1, 0.15) is 22.9 Å². The normalized spacial score (nSPS) is 12.5. The summed E-state index contributed by atoms with van der Waals surface area (Å²) in [6.45, 7) is 3.02. The number of aromatic nitrogens is 2. The van der Waals surface area contributed by atoms with Crippen LogP contribution < -0.4 is 5.73 Å². The summed E-state index contributed by atoms with van der Waals surface area (Å²) in [5.41, 5.74) is 6.75. The number of hydrogen-bond acceptors (Lipinski definition) is 6. The Bertz CT molecular complexity index is 691. The molecule has 0 bridgehead atoms. The third-order valence-corrected chi connectivity index (χ3v) is 5.32. The molecule has 2 N–H and O–H groups in total. The van der Waals surface area contributed by atoms with Gasteiger partial charge in [0.05, 0.1) is 16.3 Å². The topological polar surface area (TPSA) is 55.0 Å². The molecule has 0 spiro atoms. The summed E-state index contributed by atoms with van der Waals surface area (Å²) < 4.78 is 1.24. The van der Waals surface area contributed by atoms with E-state index in [-0.39, 0.29) is 18.4 Å². The molecule has 0 aliphatic rings. The van der Waals surface area contributed by atoms with Gasteiger partial charge in [0, 0.05) is 17.6 Å². The molecule has 0 fully saturated rings. The number of halogens is 1. The first-order valence-corrected chi connectivity index (χ1v) is 8.02. The quantitative estimate of drug-likeness (QED) is 0.781. The lowest BCUT2D eigenvalue weighted by Gasteiger charge is -2.21. The average molecular weight is 341 g/mol. The molecule has 1 aromatic carbocycles. The predicted molar refractivity (Wildman–Crippen MR) is 93.3 cm³/mol. The van der Waals surface area contributed by atoms with E-state index in [1.165, 1.54) is 9.58 Å². The second kappa shape index (κ2) is 6.70. The van der Waals surface area contributed by atoms with E-state index in [1.54, 1.807) is 22.7 Å². The number of hydrogen-bond donors (Lipinski definition) is 1. The summed E-state index contributed by atoms with van der Waals surface area (Å²) in [7, 11) is 2.10. The summed E-state index contributed by atoms with van der Waals surface area (Å²) in [6.07, 6.45) is 1.85. The highest BCUT2D eigenvalue weighted by molar-refractivity contribution is 7.18. The maximum Gasteiger partial charge on any atom is 0.180 e. The zero-order valence-electron chi connectivity index (χ0n) is 11.8. The van der Waals surface area contributed by atoms with Gasteiger partial charge in [0.15, 0.2) is 5.13 Å². The molecule has 7 heteroatoms. The molecule has 0 aliphatic heterocycles. The zero-order valence-corrected chi connectivity index (χ0v) is 14.3. The second-order valence-corrected chi connectivity index (χ2v) is 6.98. The summed E-state index contributed by atoms with van der Waals surface area (Å²) in [6, 6.07) is 8.54. The minimum Gasteiger partial charge on any atom is -0.375 e.